The van der Waals surface area contributed by atoms with Gasteiger partial charge in [-0.15, -0.1) is 11.8 Å². The Bertz CT molecular complexity index is 367. The lowest BCUT2D eigenvalue weighted by atomic mass is 10.4. The molecule has 1 aromatic rings. The van der Waals surface area contributed by atoms with Crippen molar-refractivity contribution < 1.29 is 14.9 Å². The van der Waals surface area contributed by atoms with Gasteiger partial charge in [0.05, 0.1) is 12.7 Å². The molecule has 0 fully saturated rings. The Morgan fingerprint density at radius 2 is 2.33 bits per heavy atom. The number of nitrogen functional groups attached to an aromatic ring is 1. The highest BCUT2D eigenvalue weighted by Gasteiger charge is 2.08. The normalized spacial score (nSPS) is 12.4. The molecule has 1 atom stereocenters. The van der Waals surface area contributed by atoms with E-state index in [9.17, 15) is 5.11 Å². The topological polar surface area (TPSA) is 114 Å². The fourth-order valence-electron chi connectivity index (χ4n) is 1.11. The number of thioether (sulfide) groups is 1. The molecule has 102 valence electrons. The Morgan fingerprint density at radius 3 is 2.94 bits per heavy atom. The summed E-state index contributed by atoms with van der Waals surface area (Å²) >= 11 is 1.32. The highest BCUT2D eigenvalue weighted by molar-refractivity contribution is 7.99. The molecule has 0 amide bonds. The van der Waals surface area contributed by atoms with E-state index < -0.39 is 6.10 Å². The molecule has 0 aliphatic heterocycles. The van der Waals surface area contributed by atoms with Gasteiger partial charge in [0.1, 0.15) is 17.5 Å². The van der Waals surface area contributed by atoms with Crippen LogP contribution in [0.3, 0.4) is 0 Å². The maximum absolute atomic E-state index is 9.28. The quantitative estimate of drug-likeness (QED) is 0.222. The van der Waals surface area contributed by atoms with E-state index in [0.29, 0.717) is 35.6 Å². The van der Waals surface area contributed by atoms with Crippen LogP contribution >= 0.6 is 11.8 Å². The zero-order valence-corrected chi connectivity index (χ0v) is 11.0. The molecule has 1 heterocycles. The predicted molar refractivity (Wildman–Crippen MR) is 69.0 cm³/mol. The minimum absolute atomic E-state index is 0.272. The molecular formula is C10H18N4O3S. The second-order valence-electron chi connectivity index (χ2n) is 3.44. The fraction of sp³-hybridized carbons (Fsp3) is 0.600. The van der Waals surface area contributed by atoms with E-state index in [-0.39, 0.29) is 6.61 Å². The van der Waals surface area contributed by atoms with Gasteiger partial charge >= 0.3 is 0 Å². The number of nitrogens with zero attached hydrogens (tertiary/aromatic N) is 2. The summed E-state index contributed by atoms with van der Waals surface area (Å²) in [5, 5.41) is 18.7. The molecule has 0 radical (unpaired) electrons. The van der Waals surface area contributed by atoms with Gasteiger partial charge in [0.25, 0.3) is 0 Å². The smallest absolute Gasteiger partial charge is 0.157 e. The van der Waals surface area contributed by atoms with Crippen LogP contribution in [0.1, 0.15) is 12.7 Å². The molecule has 1 aromatic heterocycles. The molecule has 0 aliphatic carbocycles. The van der Waals surface area contributed by atoms with E-state index >= 15 is 0 Å². The van der Waals surface area contributed by atoms with Crippen LogP contribution in [0.15, 0.2) is 11.1 Å². The Morgan fingerprint density at radius 1 is 1.56 bits per heavy atom. The maximum atomic E-state index is 9.28. The summed E-state index contributed by atoms with van der Waals surface area (Å²) in [6, 6.07) is 1.67. The molecule has 0 spiro atoms. The number of anilines is 1. The molecule has 1 rings (SSSR count). The Kier molecular flexibility index (Phi) is 6.91. The van der Waals surface area contributed by atoms with Crippen molar-refractivity contribution in [2.75, 3.05) is 24.4 Å². The third-order valence-corrected chi connectivity index (χ3v) is 3.02. The standard InChI is InChI=1S/C10H18N4O3S/c1-2-17-5-9-12-8(14-11)3-10(13-9)18-6-7(16)4-15/h3,7,15-16H,2,4-6,11H2,1H3,(H,12,13,14). The predicted octanol–water partition coefficient (Wildman–Crippen LogP) is -0.256. The SMILES string of the molecule is CCOCc1nc(NN)cc(SCC(O)CO)n1. The summed E-state index contributed by atoms with van der Waals surface area (Å²) in [5.41, 5.74) is 2.45. The summed E-state index contributed by atoms with van der Waals surface area (Å²) in [4.78, 5) is 8.40. The number of ether oxygens (including phenoxy) is 1. The van der Waals surface area contributed by atoms with E-state index in [0.717, 1.165) is 0 Å². The zero-order valence-electron chi connectivity index (χ0n) is 10.2. The first-order valence-electron chi connectivity index (χ1n) is 5.53. The lowest BCUT2D eigenvalue weighted by molar-refractivity contribution is 0.113. The van der Waals surface area contributed by atoms with Crippen LogP contribution < -0.4 is 11.3 Å². The van der Waals surface area contributed by atoms with Gasteiger partial charge in [0.15, 0.2) is 5.82 Å². The largest absolute Gasteiger partial charge is 0.394 e. The van der Waals surface area contributed by atoms with Gasteiger partial charge in [-0.1, -0.05) is 0 Å². The summed E-state index contributed by atoms with van der Waals surface area (Å²) in [6.07, 6.45) is -0.769. The molecule has 18 heavy (non-hydrogen) atoms. The van der Waals surface area contributed by atoms with Gasteiger partial charge in [-0.05, 0) is 6.92 Å². The minimum atomic E-state index is -0.769. The van der Waals surface area contributed by atoms with Gasteiger partial charge in [0.2, 0.25) is 0 Å². The van der Waals surface area contributed by atoms with Gasteiger partial charge in [-0.2, -0.15) is 0 Å². The number of rotatable bonds is 8. The first kappa shape index (κ1) is 15.1. The third-order valence-electron chi connectivity index (χ3n) is 1.97. The summed E-state index contributed by atoms with van der Waals surface area (Å²) in [6.45, 7) is 2.50. The van der Waals surface area contributed by atoms with E-state index in [1.54, 1.807) is 6.07 Å². The van der Waals surface area contributed by atoms with Crippen LogP contribution in [-0.4, -0.2) is 45.3 Å². The van der Waals surface area contributed by atoms with E-state index in [4.69, 9.17) is 15.7 Å². The van der Waals surface area contributed by atoms with Crippen LogP contribution in [0.5, 0.6) is 0 Å². The molecule has 0 bridgehead atoms. The fourth-order valence-corrected chi connectivity index (χ4v) is 1.95. The van der Waals surface area contributed by atoms with Crippen LogP contribution in [0.2, 0.25) is 0 Å². The molecule has 0 aromatic carbocycles. The number of hydrogen-bond donors (Lipinski definition) is 4. The number of aromatic nitrogens is 2. The molecule has 8 heteroatoms. The van der Waals surface area contributed by atoms with Gasteiger partial charge < -0.3 is 20.4 Å². The lowest BCUT2D eigenvalue weighted by Gasteiger charge is -2.09. The van der Waals surface area contributed by atoms with Crippen molar-refractivity contribution in [2.24, 2.45) is 5.84 Å². The molecular weight excluding hydrogens is 256 g/mol. The van der Waals surface area contributed by atoms with E-state index in [1.807, 2.05) is 6.92 Å². The molecule has 0 aliphatic rings. The zero-order chi connectivity index (χ0) is 13.4. The third kappa shape index (κ3) is 5.15. The maximum Gasteiger partial charge on any atom is 0.157 e. The average molecular weight is 274 g/mol. The van der Waals surface area contributed by atoms with Crippen LogP contribution in [0.4, 0.5) is 5.82 Å². The van der Waals surface area contributed by atoms with Gasteiger partial charge in [-0.3, -0.25) is 0 Å². The number of aliphatic hydroxyl groups is 2. The number of nitrogens with one attached hydrogen (secondary N) is 1. The second-order valence-corrected chi connectivity index (χ2v) is 4.48. The number of nitrogens with two attached hydrogens (primary N) is 1. The van der Waals surface area contributed by atoms with E-state index in [2.05, 4.69) is 15.4 Å². The monoisotopic (exact) mass is 274 g/mol. The van der Waals surface area contributed by atoms with Crippen molar-refractivity contribution in [1.82, 2.24) is 9.97 Å². The molecule has 0 saturated carbocycles. The summed E-state index contributed by atoms with van der Waals surface area (Å²) < 4.78 is 5.23. The molecule has 0 saturated heterocycles. The van der Waals surface area contributed by atoms with Crippen molar-refractivity contribution in [3.8, 4) is 0 Å². The first-order chi connectivity index (χ1) is 8.69. The Labute approximate surface area is 110 Å². The van der Waals surface area contributed by atoms with Crippen molar-refractivity contribution in [1.29, 1.82) is 0 Å². The minimum Gasteiger partial charge on any atom is -0.394 e. The van der Waals surface area contributed by atoms with Crippen molar-refractivity contribution in [3.05, 3.63) is 11.9 Å². The second kappa shape index (κ2) is 8.22. The Hall–Kier alpha value is -0.930. The number of hydrogen-bond acceptors (Lipinski definition) is 8. The molecule has 5 N–H and O–H groups in total. The van der Waals surface area contributed by atoms with E-state index in [1.165, 1.54) is 11.8 Å². The van der Waals surface area contributed by atoms with Crippen LogP contribution in [0, 0.1) is 0 Å². The first-order valence-corrected chi connectivity index (χ1v) is 6.52. The molecule has 1 unspecified atom stereocenters. The average Bonchev–Trinajstić information content (AvgIpc) is 2.42. The lowest BCUT2D eigenvalue weighted by Crippen LogP contribution is -2.15. The van der Waals surface area contributed by atoms with Crippen LogP contribution in [0.25, 0.3) is 0 Å². The highest BCUT2D eigenvalue weighted by Crippen LogP contribution is 2.19. The van der Waals surface area contributed by atoms with Gasteiger partial charge in [-0.25, -0.2) is 15.8 Å². The molecule has 7 nitrogen and oxygen atoms in total. The van der Waals surface area contributed by atoms with Crippen LogP contribution in [-0.2, 0) is 11.3 Å². The summed E-state index contributed by atoms with van der Waals surface area (Å²) in [5.74, 6) is 6.68. The van der Waals surface area contributed by atoms with Gasteiger partial charge in [0, 0.05) is 18.4 Å². The van der Waals surface area contributed by atoms with Crippen molar-refractivity contribution in [3.63, 3.8) is 0 Å². The Balaban J connectivity index is 2.70. The number of hydrazine groups is 1. The summed E-state index contributed by atoms with van der Waals surface area (Å²) in [7, 11) is 0. The van der Waals surface area contributed by atoms with Crippen molar-refractivity contribution >= 4 is 17.6 Å². The number of aliphatic hydroxyl groups excluding tert-OH is 2. The highest BCUT2D eigenvalue weighted by atomic mass is 32.2. The van der Waals surface area contributed by atoms with Crippen molar-refractivity contribution in [2.45, 2.75) is 24.7 Å².